The van der Waals surface area contributed by atoms with Gasteiger partial charge in [0.15, 0.2) is 0 Å². The number of thiophene rings is 1. The Balaban J connectivity index is 1.32. The highest BCUT2D eigenvalue weighted by atomic mass is 32.1. The van der Waals surface area contributed by atoms with E-state index in [2.05, 4.69) is 5.32 Å². The summed E-state index contributed by atoms with van der Waals surface area (Å²) in [6.07, 6.45) is 1.55. The molecule has 0 spiro atoms. The summed E-state index contributed by atoms with van der Waals surface area (Å²) in [6, 6.07) is 10.5. The summed E-state index contributed by atoms with van der Waals surface area (Å²) < 4.78 is 5.70. The van der Waals surface area contributed by atoms with E-state index < -0.39 is 6.04 Å². The quantitative estimate of drug-likeness (QED) is 0.752. The highest BCUT2D eigenvalue weighted by molar-refractivity contribution is 7.12. The van der Waals surface area contributed by atoms with Gasteiger partial charge in [-0.1, -0.05) is 18.2 Å². The lowest BCUT2D eigenvalue weighted by Crippen LogP contribution is -2.48. The van der Waals surface area contributed by atoms with Crippen LogP contribution in [0.25, 0.3) is 0 Å². The second-order valence-corrected chi connectivity index (χ2v) is 9.46. The maximum atomic E-state index is 12.8. The maximum absolute atomic E-state index is 12.8. The van der Waals surface area contributed by atoms with Gasteiger partial charge in [0.1, 0.15) is 6.04 Å². The fourth-order valence-electron chi connectivity index (χ4n) is 4.42. The maximum Gasteiger partial charge on any atom is 0.264 e. The van der Waals surface area contributed by atoms with E-state index in [-0.39, 0.29) is 29.9 Å². The van der Waals surface area contributed by atoms with E-state index in [1.165, 1.54) is 11.3 Å². The number of amides is 3. The average Bonchev–Trinajstić information content (AvgIpc) is 3.48. The molecule has 0 radical (unpaired) electrons. The first-order valence-corrected chi connectivity index (χ1v) is 12.0. The van der Waals surface area contributed by atoms with Crippen molar-refractivity contribution in [3.8, 4) is 0 Å². The first-order valence-electron chi connectivity index (χ1n) is 11.1. The minimum absolute atomic E-state index is 0.00345. The molecule has 2 unspecified atom stereocenters. The van der Waals surface area contributed by atoms with Gasteiger partial charge >= 0.3 is 0 Å². The molecule has 8 heteroatoms. The van der Waals surface area contributed by atoms with Crippen molar-refractivity contribution in [3.63, 3.8) is 0 Å². The Morgan fingerprint density at radius 1 is 1.06 bits per heavy atom. The molecular formula is C24H29N3O4S. The first kappa shape index (κ1) is 22.5. The normalized spacial score (nSPS) is 23.2. The molecule has 1 aromatic heterocycles. The Hall–Kier alpha value is -2.71. The van der Waals surface area contributed by atoms with E-state index in [4.69, 9.17) is 4.74 Å². The van der Waals surface area contributed by atoms with Crippen molar-refractivity contribution in [2.45, 2.75) is 51.5 Å². The molecule has 1 aromatic carbocycles. The third-order valence-electron chi connectivity index (χ3n) is 5.92. The van der Waals surface area contributed by atoms with Gasteiger partial charge in [0, 0.05) is 31.7 Å². The molecule has 170 valence electrons. The van der Waals surface area contributed by atoms with Crippen molar-refractivity contribution >= 4 is 29.1 Å². The van der Waals surface area contributed by atoms with Crippen LogP contribution in [0, 0.1) is 0 Å². The van der Waals surface area contributed by atoms with E-state index in [1.807, 2.05) is 42.3 Å². The van der Waals surface area contributed by atoms with Crippen LogP contribution in [0.1, 0.15) is 52.3 Å². The summed E-state index contributed by atoms with van der Waals surface area (Å²) in [7, 11) is 0. The van der Waals surface area contributed by atoms with Crippen molar-refractivity contribution in [1.29, 1.82) is 0 Å². The number of nitrogens with one attached hydrogen (secondary N) is 1. The number of carbonyl (C=O) groups excluding carboxylic acids is 3. The molecule has 2 saturated heterocycles. The number of hydrogen-bond acceptors (Lipinski definition) is 5. The van der Waals surface area contributed by atoms with Crippen molar-refractivity contribution < 1.29 is 19.1 Å². The fraction of sp³-hybridized carbons (Fsp3) is 0.458. The summed E-state index contributed by atoms with van der Waals surface area (Å²) in [4.78, 5) is 42.4. The summed E-state index contributed by atoms with van der Waals surface area (Å²) in [6.45, 7) is 6.08. The number of nitrogens with zero attached hydrogens (tertiary/aromatic N) is 2. The Morgan fingerprint density at radius 2 is 1.78 bits per heavy atom. The third-order valence-corrected chi connectivity index (χ3v) is 6.78. The zero-order valence-electron chi connectivity index (χ0n) is 18.5. The largest absolute Gasteiger partial charge is 0.372 e. The standard InChI is InChI=1S/C24H29N3O4S/c1-16-14-26(15-17(2)31-16)23(29)19-9-7-18(8-10-19)13-25-22(28)20-5-3-11-27(20)24(30)21-6-4-12-32-21/h4,6-10,12,16-17,20H,3,5,11,13-15H2,1-2H3,(H,25,28)/t16?,17?,20-/m0/s1. The number of hydrogen-bond donors (Lipinski definition) is 1. The molecule has 7 nitrogen and oxygen atoms in total. The molecule has 2 aliphatic heterocycles. The smallest absolute Gasteiger partial charge is 0.264 e. The molecule has 2 aliphatic rings. The van der Waals surface area contributed by atoms with Gasteiger partial charge in [0.05, 0.1) is 17.1 Å². The second-order valence-electron chi connectivity index (χ2n) is 8.52. The van der Waals surface area contributed by atoms with Gasteiger partial charge in [-0.25, -0.2) is 0 Å². The molecule has 4 rings (SSSR count). The number of morpholine rings is 1. The molecule has 1 N–H and O–H groups in total. The van der Waals surface area contributed by atoms with Crippen LogP contribution < -0.4 is 5.32 Å². The molecule has 0 aliphatic carbocycles. The van der Waals surface area contributed by atoms with Crippen LogP contribution in [0.2, 0.25) is 0 Å². The van der Waals surface area contributed by atoms with Crippen LogP contribution in [-0.2, 0) is 16.1 Å². The number of carbonyl (C=O) groups is 3. The fourth-order valence-corrected chi connectivity index (χ4v) is 5.10. The lowest BCUT2D eigenvalue weighted by molar-refractivity contribution is -0.125. The van der Waals surface area contributed by atoms with Gasteiger partial charge in [-0.05, 0) is 55.8 Å². The van der Waals surface area contributed by atoms with Crippen molar-refractivity contribution in [3.05, 3.63) is 57.8 Å². The van der Waals surface area contributed by atoms with Crippen LogP contribution in [0.5, 0.6) is 0 Å². The third kappa shape index (κ3) is 5.02. The van der Waals surface area contributed by atoms with Crippen LogP contribution in [0.3, 0.4) is 0 Å². The van der Waals surface area contributed by atoms with E-state index in [1.54, 1.807) is 23.1 Å². The molecule has 3 heterocycles. The van der Waals surface area contributed by atoms with Crippen LogP contribution in [-0.4, -0.2) is 65.4 Å². The first-order chi connectivity index (χ1) is 15.4. The topological polar surface area (TPSA) is 79.0 Å². The Labute approximate surface area is 192 Å². The van der Waals surface area contributed by atoms with Crippen LogP contribution >= 0.6 is 11.3 Å². The molecular weight excluding hydrogens is 426 g/mol. The predicted molar refractivity (Wildman–Crippen MR) is 123 cm³/mol. The molecule has 2 fully saturated rings. The molecule has 0 saturated carbocycles. The highest BCUT2D eigenvalue weighted by Crippen LogP contribution is 2.22. The van der Waals surface area contributed by atoms with Gasteiger partial charge < -0.3 is 19.9 Å². The van der Waals surface area contributed by atoms with E-state index >= 15 is 0 Å². The van der Waals surface area contributed by atoms with Crippen LogP contribution in [0.15, 0.2) is 41.8 Å². The Bertz CT molecular complexity index is 950. The molecule has 0 bridgehead atoms. The van der Waals surface area contributed by atoms with Gasteiger partial charge in [0.2, 0.25) is 5.91 Å². The van der Waals surface area contributed by atoms with Gasteiger partial charge in [-0.3, -0.25) is 14.4 Å². The molecule has 3 atom stereocenters. The van der Waals surface area contributed by atoms with Crippen molar-refractivity contribution in [2.75, 3.05) is 19.6 Å². The Morgan fingerprint density at radius 3 is 2.44 bits per heavy atom. The molecule has 32 heavy (non-hydrogen) atoms. The zero-order valence-corrected chi connectivity index (χ0v) is 19.3. The predicted octanol–water partition coefficient (Wildman–Crippen LogP) is 2.92. The van der Waals surface area contributed by atoms with Crippen molar-refractivity contribution in [1.82, 2.24) is 15.1 Å². The summed E-state index contributed by atoms with van der Waals surface area (Å²) >= 11 is 1.39. The lowest BCUT2D eigenvalue weighted by Gasteiger charge is -2.35. The number of rotatable bonds is 5. The summed E-state index contributed by atoms with van der Waals surface area (Å²) in [5, 5.41) is 4.82. The van der Waals surface area contributed by atoms with E-state index in [9.17, 15) is 14.4 Å². The van der Waals surface area contributed by atoms with Gasteiger partial charge in [-0.15, -0.1) is 11.3 Å². The SMILES string of the molecule is CC1CN(C(=O)c2ccc(CNC(=O)[C@@H]3CCCN3C(=O)c3cccs3)cc2)CC(C)O1. The highest BCUT2D eigenvalue weighted by Gasteiger charge is 2.34. The minimum Gasteiger partial charge on any atom is -0.372 e. The number of likely N-dealkylation sites (tertiary alicyclic amines) is 1. The Kier molecular flexibility index (Phi) is 6.91. The monoisotopic (exact) mass is 455 g/mol. The second kappa shape index (κ2) is 9.83. The lowest BCUT2D eigenvalue weighted by atomic mass is 10.1. The number of benzene rings is 1. The molecule has 2 aromatic rings. The van der Waals surface area contributed by atoms with Crippen molar-refractivity contribution in [2.24, 2.45) is 0 Å². The summed E-state index contributed by atoms with van der Waals surface area (Å²) in [5.41, 5.74) is 1.54. The molecule has 3 amide bonds. The van der Waals surface area contributed by atoms with Crippen LogP contribution in [0.4, 0.5) is 0 Å². The minimum atomic E-state index is -0.434. The zero-order chi connectivity index (χ0) is 22.7. The summed E-state index contributed by atoms with van der Waals surface area (Å²) in [5.74, 6) is -0.215. The number of ether oxygens (including phenoxy) is 1. The van der Waals surface area contributed by atoms with E-state index in [0.717, 1.165) is 12.0 Å². The van der Waals surface area contributed by atoms with E-state index in [0.29, 0.717) is 43.0 Å². The van der Waals surface area contributed by atoms with Gasteiger partial charge in [-0.2, -0.15) is 0 Å². The average molecular weight is 456 g/mol. The van der Waals surface area contributed by atoms with Gasteiger partial charge in [0.25, 0.3) is 11.8 Å².